The second kappa shape index (κ2) is 6.32. The van der Waals surface area contributed by atoms with Gasteiger partial charge in [0.2, 0.25) is 11.8 Å². The van der Waals surface area contributed by atoms with Crippen LogP contribution in [0.25, 0.3) is 0 Å². The number of hydrogen-bond donors (Lipinski definition) is 1. The number of aryl methyl sites for hydroxylation is 1. The van der Waals surface area contributed by atoms with E-state index in [2.05, 4.69) is 10.3 Å². The molecular weight excluding hydrogens is 296 g/mol. The van der Waals surface area contributed by atoms with E-state index in [1.165, 1.54) is 0 Å². The zero-order valence-corrected chi connectivity index (χ0v) is 13.5. The van der Waals surface area contributed by atoms with Gasteiger partial charge in [0, 0.05) is 0 Å². The highest BCUT2D eigenvalue weighted by Crippen LogP contribution is 2.31. The van der Waals surface area contributed by atoms with Gasteiger partial charge in [0.1, 0.15) is 29.9 Å². The Bertz CT molecular complexity index is 710. The summed E-state index contributed by atoms with van der Waals surface area (Å²) in [5, 5.41) is 2.93. The number of oxazole rings is 1. The summed E-state index contributed by atoms with van der Waals surface area (Å²) < 4.78 is 16.4. The molecule has 3 rings (SSSR count). The van der Waals surface area contributed by atoms with Gasteiger partial charge in [-0.3, -0.25) is 4.79 Å². The third kappa shape index (κ3) is 3.31. The van der Waals surface area contributed by atoms with Gasteiger partial charge < -0.3 is 19.2 Å². The molecule has 1 amide bonds. The second-order valence-electron chi connectivity index (χ2n) is 5.73. The summed E-state index contributed by atoms with van der Waals surface area (Å²) in [7, 11) is 1.62. The number of amides is 1. The minimum atomic E-state index is -0.275. The molecule has 0 fully saturated rings. The number of methoxy groups -OCH3 is 1. The molecule has 2 heterocycles. The normalized spacial score (nSPS) is 17.8. The summed E-state index contributed by atoms with van der Waals surface area (Å²) in [6.07, 6.45) is 2.26. The van der Waals surface area contributed by atoms with Gasteiger partial charge in [0.25, 0.3) is 0 Å². The molecular formula is C17H20N2O4. The van der Waals surface area contributed by atoms with Gasteiger partial charge >= 0.3 is 0 Å². The second-order valence-corrected chi connectivity index (χ2v) is 5.73. The van der Waals surface area contributed by atoms with E-state index >= 15 is 0 Å². The molecule has 0 spiro atoms. The van der Waals surface area contributed by atoms with Crippen molar-refractivity contribution in [1.29, 1.82) is 0 Å². The fourth-order valence-electron chi connectivity index (χ4n) is 2.63. The van der Waals surface area contributed by atoms with Crippen LogP contribution >= 0.6 is 0 Å². The standard InChI is InChI=1S/C17H20N2O4/c1-10-8-18-17(23-10)11(2)19-16(20)13-6-12-7-14(21-3)4-5-15(12)22-9-13/h4-5,7-8,11,13H,6,9H2,1-3H3,(H,19,20). The topological polar surface area (TPSA) is 73.6 Å². The van der Waals surface area contributed by atoms with E-state index in [0.29, 0.717) is 18.9 Å². The van der Waals surface area contributed by atoms with Crippen LogP contribution in [0.1, 0.15) is 30.2 Å². The van der Waals surface area contributed by atoms with Crippen molar-refractivity contribution in [1.82, 2.24) is 10.3 Å². The first-order valence-corrected chi connectivity index (χ1v) is 7.59. The molecule has 0 bridgehead atoms. The van der Waals surface area contributed by atoms with Gasteiger partial charge in [0.15, 0.2) is 0 Å². The van der Waals surface area contributed by atoms with Gasteiger partial charge in [-0.1, -0.05) is 0 Å². The first-order valence-electron chi connectivity index (χ1n) is 7.59. The lowest BCUT2D eigenvalue weighted by molar-refractivity contribution is -0.127. The predicted octanol–water partition coefficient (Wildman–Crippen LogP) is 2.42. The Kier molecular flexibility index (Phi) is 4.23. The quantitative estimate of drug-likeness (QED) is 0.937. The lowest BCUT2D eigenvalue weighted by atomic mass is 9.95. The van der Waals surface area contributed by atoms with Crippen LogP contribution in [0, 0.1) is 12.8 Å². The Hall–Kier alpha value is -2.50. The minimum absolute atomic E-state index is 0.0678. The first kappa shape index (κ1) is 15.4. The van der Waals surface area contributed by atoms with Gasteiger partial charge in [-0.2, -0.15) is 0 Å². The van der Waals surface area contributed by atoms with Crippen LogP contribution < -0.4 is 14.8 Å². The summed E-state index contributed by atoms with van der Waals surface area (Å²) >= 11 is 0. The molecule has 2 aromatic rings. The number of ether oxygens (including phenoxy) is 2. The summed E-state index contributed by atoms with van der Waals surface area (Å²) in [5.74, 6) is 2.50. The molecule has 0 saturated heterocycles. The largest absolute Gasteiger partial charge is 0.497 e. The van der Waals surface area contributed by atoms with Gasteiger partial charge in [-0.25, -0.2) is 4.98 Å². The Morgan fingerprint density at radius 2 is 2.30 bits per heavy atom. The molecule has 2 atom stereocenters. The van der Waals surface area contributed by atoms with E-state index in [-0.39, 0.29) is 17.9 Å². The van der Waals surface area contributed by atoms with Crippen molar-refractivity contribution in [2.24, 2.45) is 5.92 Å². The van der Waals surface area contributed by atoms with Crippen molar-refractivity contribution < 1.29 is 18.7 Å². The molecule has 2 unspecified atom stereocenters. The number of fused-ring (bicyclic) bond motifs is 1. The van der Waals surface area contributed by atoms with Crippen LogP contribution in [0.2, 0.25) is 0 Å². The molecule has 1 aliphatic rings. The highest BCUT2D eigenvalue weighted by atomic mass is 16.5. The van der Waals surface area contributed by atoms with Crippen molar-refractivity contribution in [2.75, 3.05) is 13.7 Å². The fraction of sp³-hybridized carbons (Fsp3) is 0.412. The van der Waals surface area contributed by atoms with Crippen LogP contribution in [-0.4, -0.2) is 24.6 Å². The van der Waals surface area contributed by atoms with Crippen LogP contribution in [0.15, 0.2) is 28.8 Å². The lowest BCUT2D eigenvalue weighted by Crippen LogP contribution is -2.38. The number of carbonyl (C=O) groups excluding carboxylic acids is 1. The third-order valence-corrected chi connectivity index (χ3v) is 3.91. The Morgan fingerprint density at radius 1 is 1.48 bits per heavy atom. The highest BCUT2D eigenvalue weighted by Gasteiger charge is 2.28. The summed E-state index contributed by atoms with van der Waals surface area (Å²) in [4.78, 5) is 16.6. The number of nitrogens with one attached hydrogen (secondary N) is 1. The Labute approximate surface area is 134 Å². The predicted molar refractivity (Wildman–Crippen MR) is 83.5 cm³/mol. The molecule has 0 aliphatic carbocycles. The van der Waals surface area contributed by atoms with Crippen LogP contribution in [0.4, 0.5) is 0 Å². The Balaban J connectivity index is 1.66. The van der Waals surface area contributed by atoms with Crippen molar-refractivity contribution >= 4 is 5.91 Å². The lowest BCUT2D eigenvalue weighted by Gasteiger charge is -2.25. The van der Waals surface area contributed by atoms with Gasteiger partial charge in [-0.15, -0.1) is 0 Å². The molecule has 1 aromatic heterocycles. The van der Waals surface area contributed by atoms with Crippen molar-refractivity contribution in [3.8, 4) is 11.5 Å². The zero-order chi connectivity index (χ0) is 16.4. The summed E-state index contributed by atoms with van der Waals surface area (Å²) in [6, 6.07) is 5.37. The number of rotatable bonds is 4. The molecule has 0 saturated carbocycles. The SMILES string of the molecule is COc1ccc2c(c1)CC(C(=O)NC(C)c1ncc(C)o1)CO2. The monoisotopic (exact) mass is 316 g/mol. The molecule has 6 nitrogen and oxygen atoms in total. The molecule has 23 heavy (non-hydrogen) atoms. The van der Waals surface area contributed by atoms with Crippen LogP contribution in [0.5, 0.6) is 11.5 Å². The van der Waals surface area contributed by atoms with Crippen molar-refractivity contribution in [2.45, 2.75) is 26.3 Å². The molecule has 0 radical (unpaired) electrons. The van der Waals surface area contributed by atoms with E-state index in [4.69, 9.17) is 13.9 Å². The maximum Gasteiger partial charge on any atom is 0.227 e. The number of carbonyl (C=O) groups is 1. The molecule has 122 valence electrons. The van der Waals surface area contributed by atoms with E-state index < -0.39 is 0 Å². The fourth-order valence-corrected chi connectivity index (χ4v) is 2.63. The molecule has 6 heteroatoms. The maximum atomic E-state index is 12.5. The molecule has 1 aliphatic heterocycles. The average molecular weight is 316 g/mol. The van der Waals surface area contributed by atoms with E-state index in [0.717, 1.165) is 22.8 Å². The third-order valence-electron chi connectivity index (χ3n) is 3.91. The van der Waals surface area contributed by atoms with Crippen molar-refractivity contribution in [3.05, 3.63) is 41.6 Å². The zero-order valence-electron chi connectivity index (χ0n) is 13.5. The van der Waals surface area contributed by atoms with Gasteiger partial charge in [0.05, 0.1) is 19.2 Å². The minimum Gasteiger partial charge on any atom is -0.497 e. The van der Waals surface area contributed by atoms with Crippen LogP contribution in [0.3, 0.4) is 0 Å². The molecule has 1 aromatic carbocycles. The first-order chi connectivity index (χ1) is 11.1. The van der Waals surface area contributed by atoms with E-state index in [9.17, 15) is 4.79 Å². The van der Waals surface area contributed by atoms with Gasteiger partial charge in [-0.05, 0) is 44.0 Å². The van der Waals surface area contributed by atoms with E-state index in [1.54, 1.807) is 13.3 Å². The molecule has 1 N–H and O–H groups in total. The number of benzene rings is 1. The van der Waals surface area contributed by atoms with E-state index in [1.807, 2.05) is 32.0 Å². The maximum absolute atomic E-state index is 12.5. The number of nitrogens with zero attached hydrogens (tertiary/aromatic N) is 1. The highest BCUT2D eigenvalue weighted by molar-refractivity contribution is 5.80. The smallest absolute Gasteiger partial charge is 0.227 e. The van der Waals surface area contributed by atoms with Crippen LogP contribution in [-0.2, 0) is 11.2 Å². The summed E-state index contributed by atoms with van der Waals surface area (Å²) in [6.45, 7) is 4.04. The Morgan fingerprint density at radius 3 is 3.00 bits per heavy atom. The van der Waals surface area contributed by atoms with Crippen molar-refractivity contribution in [3.63, 3.8) is 0 Å². The summed E-state index contributed by atoms with van der Waals surface area (Å²) in [5.41, 5.74) is 0.982. The average Bonchev–Trinajstić information content (AvgIpc) is 3.00. The number of aromatic nitrogens is 1. The number of hydrogen-bond acceptors (Lipinski definition) is 5.